The van der Waals surface area contributed by atoms with Gasteiger partial charge in [0.2, 0.25) is 0 Å². The van der Waals surface area contributed by atoms with Crippen molar-refractivity contribution in [3.63, 3.8) is 0 Å². The predicted molar refractivity (Wildman–Crippen MR) is 127 cm³/mol. The van der Waals surface area contributed by atoms with Gasteiger partial charge in [-0.05, 0) is 17.4 Å². The van der Waals surface area contributed by atoms with Crippen molar-refractivity contribution in [1.29, 1.82) is 0 Å². The molecule has 0 nitrogen and oxygen atoms in total. The molecule has 0 aliphatic heterocycles. The van der Waals surface area contributed by atoms with Crippen molar-refractivity contribution in [2.75, 3.05) is 0 Å². The molecule has 3 aromatic rings. The van der Waals surface area contributed by atoms with Crippen LogP contribution in [0.3, 0.4) is 0 Å². The number of allylic oxidation sites excluding steroid dienone is 4. The Bertz CT molecular complexity index is 951. The van der Waals surface area contributed by atoms with Gasteiger partial charge in [0.15, 0.2) is 0 Å². The fourth-order valence-corrected chi connectivity index (χ4v) is 3.50. The molecule has 0 atom stereocenters. The van der Waals surface area contributed by atoms with Gasteiger partial charge < -0.3 is 14.9 Å². The first-order chi connectivity index (χ1) is 12.0. The summed E-state index contributed by atoms with van der Waals surface area (Å²) in [4.78, 5) is 0. The third-order valence-electron chi connectivity index (χ3n) is 4.74. The van der Waals surface area contributed by atoms with E-state index >= 15 is 0 Å². The van der Waals surface area contributed by atoms with Crippen LogP contribution in [0.2, 0.25) is 13.1 Å². The van der Waals surface area contributed by atoms with Crippen LogP contribution in [-0.2, 0) is 26.2 Å². The van der Waals surface area contributed by atoms with E-state index in [-0.39, 0.29) is 46.5 Å². The van der Waals surface area contributed by atoms with E-state index in [9.17, 15) is 0 Å². The first kappa shape index (κ1) is 26.9. The van der Waals surface area contributed by atoms with Crippen molar-refractivity contribution in [3.05, 3.63) is 86.7 Å². The molecular formula is C26H33SiZr. The molecule has 28 heavy (non-hydrogen) atoms. The van der Waals surface area contributed by atoms with Crippen LogP contribution in [-0.4, -0.2) is 9.52 Å². The first-order valence-electron chi connectivity index (χ1n) is 9.03. The van der Waals surface area contributed by atoms with Crippen molar-refractivity contribution in [2.45, 2.75) is 40.3 Å². The molecule has 0 saturated heterocycles. The van der Waals surface area contributed by atoms with E-state index in [4.69, 9.17) is 0 Å². The molecule has 3 aromatic carbocycles. The topological polar surface area (TPSA) is 0 Å². The van der Waals surface area contributed by atoms with Crippen LogP contribution < -0.4 is 0 Å². The number of hydrogen-bond donors (Lipinski definition) is 0. The second kappa shape index (κ2) is 11.2. The monoisotopic (exact) mass is 463 g/mol. The molecule has 0 N–H and O–H groups in total. The average molecular weight is 465 g/mol. The average Bonchev–Trinajstić information content (AvgIpc) is 3.20. The molecular weight excluding hydrogens is 432 g/mol. The second-order valence-electron chi connectivity index (χ2n) is 7.78. The van der Waals surface area contributed by atoms with Gasteiger partial charge in [0, 0.05) is 9.52 Å². The van der Waals surface area contributed by atoms with Crippen LogP contribution in [0.5, 0.6) is 0 Å². The Morgan fingerprint density at radius 1 is 0.893 bits per heavy atom. The SMILES string of the molecule is CC(C)(C)C1=CCC(c2cccc3c2[cH-]c2ccccc23)=C1.C[Si]C.[CH3-].[CH3-].[Zr+3]. The Hall–Kier alpha value is -1.11. The molecule has 0 heterocycles. The molecule has 1 aliphatic rings. The smallest absolute Gasteiger partial charge is 0.358 e. The molecule has 0 aromatic heterocycles. The maximum Gasteiger partial charge on any atom is 3.00 e. The van der Waals surface area contributed by atoms with E-state index in [2.05, 4.69) is 94.5 Å². The molecule has 1 aliphatic carbocycles. The van der Waals surface area contributed by atoms with Crippen molar-refractivity contribution in [1.82, 2.24) is 0 Å². The molecule has 2 heteroatoms. The van der Waals surface area contributed by atoms with Crippen LogP contribution >= 0.6 is 0 Å². The summed E-state index contributed by atoms with van der Waals surface area (Å²) in [5.41, 5.74) is 4.53. The maximum atomic E-state index is 2.40. The fourth-order valence-electron chi connectivity index (χ4n) is 3.50. The minimum atomic E-state index is 0. The summed E-state index contributed by atoms with van der Waals surface area (Å²) in [7, 11) is 1.08. The third kappa shape index (κ3) is 5.49. The van der Waals surface area contributed by atoms with Crippen molar-refractivity contribution in [2.24, 2.45) is 5.41 Å². The van der Waals surface area contributed by atoms with Crippen LogP contribution in [0.25, 0.3) is 27.1 Å². The number of hydrogen-bond acceptors (Lipinski definition) is 0. The van der Waals surface area contributed by atoms with Gasteiger partial charge in [0.1, 0.15) is 0 Å². The number of fused-ring (bicyclic) bond motifs is 3. The summed E-state index contributed by atoms with van der Waals surface area (Å²) >= 11 is 0. The van der Waals surface area contributed by atoms with E-state index in [1.165, 1.54) is 38.3 Å². The Balaban J connectivity index is 0.00000115. The minimum absolute atomic E-state index is 0. The van der Waals surface area contributed by atoms with E-state index in [0.29, 0.717) is 0 Å². The van der Waals surface area contributed by atoms with Gasteiger partial charge in [-0.2, -0.15) is 0 Å². The Kier molecular flexibility index (Phi) is 10.7. The van der Waals surface area contributed by atoms with Crippen LogP contribution in [0.4, 0.5) is 0 Å². The van der Waals surface area contributed by atoms with E-state index in [1.54, 1.807) is 0 Å². The summed E-state index contributed by atoms with van der Waals surface area (Å²) in [6, 6.07) is 17.7. The van der Waals surface area contributed by atoms with E-state index in [0.717, 1.165) is 15.9 Å². The van der Waals surface area contributed by atoms with Crippen molar-refractivity contribution in [3.8, 4) is 0 Å². The molecule has 0 unspecified atom stereocenters. The molecule has 0 amide bonds. The zero-order valence-corrected chi connectivity index (χ0v) is 21.9. The molecule has 3 radical (unpaired) electrons. The fraction of sp³-hybridized carbons (Fsp3) is 0.269. The van der Waals surface area contributed by atoms with Gasteiger partial charge in [0.05, 0.1) is 0 Å². The standard InChI is InChI=1S/C22H21.C2H6Si.2CH3.Zr/c1-22(2,3)17-12-11-16(13-17)19-9-6-10-20-18-8-5-4-7-15(18)14-21(19)20;1-3-2;;;/h4-10,12-14H,11H2,1-3H3;1-2H3;2*1H3;/q-1;;2*-1;+3. The summed E-state index contributed by atoms with van der Waals surface area (Å²) < 4.78 is 0. The van der Waals surface area contributed by atoms with Crippen molar-refractivity contribution >= 4 is 36.6 Å². The molecule has 145 valence electrons. The van der Waals surface area contributed by atoms with Gasteiger partial charge >= 0.3 is 26.2 Å². The molecule has 0 bridgehead atoms. The molecule has 0 fully saturated rings. The molecule has 4 rings (SSSR count). The predicted octanol–water partition coefficient (Wildman–Crippen LogP) is 8.16. The van der Waals surface area contributed by atoms with Crippen LogP contribution in [0.15, 0.2) is 66.3 Å². The zero-order chi connectivity index (χ0) is 18.0. The Labute approximate surface area is 194 Å². The summed E-state index contributed by atoms with van der Waals surface area (Å²) in [6.45, 7) is 11.2. The minimum Gasteiger partial charge on any atom is -0.358 e. The largest absolute Gasteiger partial charge is 3.00 e. The normalized spacial score (nSPS) is 12.8. The summed E-state index contributed by atoms with van der Waals surface area (Å²) in [5.74, 6) is 0. The zero-order valence-electron chi connectivity index (χ0n) is 18.5. The Morgan fingerprint density at radius 3 is 2.11 bits per heavy atom. The van der Waals surface area contributed by atoms with Crippen LogP contribution in [0, 0.1) is 20.3 Å². The molecule has 0 saturated carbocycles. The quantitative estimate of drug-likeness (QED) is 0.252. The Morgan fingerprint density at radius 2 is 1.50 bits per heavy atom. The second-order valence-corrected chi connectivity index (χ2v) is 8.78. The van der Waals surface area contributed by atoms with Gasteiger partial charge in [-0.15, -0.1) is 33.7 Å². The van der Waals surface area contributed by atoms with Gasteiger partial charge in [0.25, 0.3) is 0 Å². The maximum absolute atomic E-state index is 2.40. The van der Waals surface area contributed by atoms with E-state index in [1.807, 2.05) is 0 Å². The summed E-state index contributed by atoms with van der Waals surface area (Å²) in [5, 5.41) is 5.46. The van der Waals surface area contributed by atoms with Gasteiger partial charge in [-0.3, -0.25) is 0 Å². The molecule has 0 spiro atoms. The number of rotatable bonds is 1. The third-order valence-corrected chi connectivity index (χ3v) is 4.74. The first-order valence-corrected chi connectivity index (χ1v) is 11.0. The van der Waals surface area contributed by atoms with Gasteiger partial charge in [-0.25, -0.2) is 0 Å². The summed E-state index contributed by atoms with van der Waals surface area (Å²) in [6.07, 6.45) is 5.83. The van der Waals surface area contributed by atoms with Gasteiger partial charge in [-0.1, -0.05) is 93.6 Å². The van der Waals surface area contributed by atoms with Crippen LogP contribution in [0.1, 0.15) is 32.8 Å². The number of benzene rings is 2. The van der Waals surface area contributed by atoms with E-state index < -0.39 is 0 Å². The van der Waals surface area contributed by atoms with Crippen molar-refractivity contribution < 1.29 is 26.2 Å².